The van der Waals surface area contributed by atoms with E-state index in [2.05, 4.69) is 21.5 Å². The lowest BCUT2D eigenvalue weighted by Gasteiger charge is -2.31. The lowest BCUT2D eigenvalue weighted by molar-refractivity contribution is -0.384. The molecule has 1 aromatic rings. The summed E-state index contributed by atoms with van der Waals surface area (Å²) in [5.41, 5.74) is 12.5. The number of nitrogens with zero attached hydrogens (tertiary/aromatic N) is 3. The third-order valence-corrected chi connectivity index (χ3v) is 4.53. The van der Waals surface area contributed by atoms with Crippen LogP contribution in [0.2, 0.25) is 0 Å². The Labute approximate surface area is 162 Å². The first-order valence-corrected chi connectivity index (χ1v) is 9.05. The first-order valence-electron chi connectivity index (χ1n) is 8.64. The van der Waals surface area contributed by atoms with Crippen LogP contribution < -0.4 is 11.2 Å². The summed E-state index contributed by atoms with van der Waals surface area (Å²) in [4.78, 5) is 12.7. The molecule has 0 radical (unpaired) electrons. The Balaban J connectivity index is 1.90. The van der Waals surface area contributed by atoms with Crippen molar-refractivity contribution in [2.75, 3.05) is 26.3 Å². The van der Waals surface area contributed by atoms with Gasteiger partial charge in [0, 0.05) is 30.9 Å². The van der Waals surface area contributed by atoms with Gasteiger partial charge in [-0.3, -0.25) is 15.5 Å². The van der Waals surface area contributed by atoms with Crippen molar-refractivity contribution in [1.82, 2.24) is 10.3 Å². The zero-order valence-corrected chi connectivity index (χ0v) is 15.6. The van der Waals surface area contributed by atoms with Gasteiger partial charge in [-0.05, 0) is 60.0 Å². The number of hydrazone groups is 1. The molecule has 0 aromatic heterocycles. The Morgan fingerprint density at radius 3 is 2.63 bits per heavy atom. The molecule has 0 saturated carbocycles. The van der Waals surface area contributed by atoms with Gasteiger partial charge in [0.25, 0.3) is 5.69 Å². The Morgan fingerprint density at radius 2 is 2.00 bits per heavy atom. The van der Waals surface area contributed by atoms with E-state index in [0.717, 1.165) is 42.8 Å². The third-order valence-electron chi connectivity index (χ3n) is 4.44. The minimum absolute atomic E-state index is 0.0872. The maximum atomic E-state index is 10.8. The Morgan fingerprint density at radius 1 is 1.30 bits per heavy atom. The largest absolute Gasteiger partial charge is 0.378 e. The van der Waals surface area contributed by atoms with E-state index < -0.39 is 4.92 Å². The van der Waals surface area contributed by atoms with E-state index in [4.69, 9.17) is 22.7 Å². The maximum Gasteiger partial charge on any atom is 0.269 e. The number of morpholine rings is 1. The van der Waals surface area contributed by atoms with Gasteiger partial charge in [-0.15, -0.1) is 0 Å². The van der Waals surface area contributed by atoms with E-state index in [1.54, 1.807) is 18.3 Å². The topological polar surface area (TPSA) is 106 Å². The van der Waals surface area contributed by atoms with Gasteiger partial charge < -0.3 is 15.4 Å². The molecule has 0 atom stereocenters. The summed E-state index contributed by atoms with van der Waals surface area (Å²) in [5, 5.41) is 15.1. The molecule has 1 saturated heterocycles. The highest BCUT2D eigenvalue weighted by Crippen LogP contribution is 2.35. The standard InChI is InChI=1S/C18H21N5O3S/c19-18(27)21-20-12-15-4-3-14(17(15)22-7-9-26-10-8-22)11-13-1-5-16(6-2-13)23(24)25/h1-2,5-6,11-12H,3-4,7-10H2,(H3,19,21,27)/b14-11-,20-12-. The molecule has 9 heteroatoms. The number of rotatable bonds is 5. The van der Waals surface area contributed by atoms with E-state index in [9.17, 15) is 10.1 Å². The minimum atomic E-state index is -0.394. The van der Waals surface area contributed by atoms with Crippen molar-refractivity contribution in [1.29, 1.82) is 0 Å². The second kappa shape index (κ2) is 8.74. The van der Waals surface area contributed by atoms with Gasteiger partial charge in [-0.1, -0.05) is 0 Å². The van der Waals surface area contributed by atoms with E-state index in [1.807, 2.05) is 0 Å². The number of benzene rings is 1. The van der Waals surface area contributed by atoms with Crippen molar-refractivity contribution in [2.45, 2.75) is 12.8 Å². The van der Waals surface area contributed by atoms with Crippen molar-refractivity contribution in [2.24, 2.45) is 10.8 Å². The van der Waals surface area contributed by atoms with Crippen LogP contribution >= 0.6 is 12.2 Å². The third kappa shape index (κ3) is 4.89. The molecule has 27 heavy (non-hydrogen) atoms. The van der Waals surface area contributed by atoms with Crippen LogP contribution in [-0.4, -0.2) is 47.5 Å². The summed E-state index contributed by atoms with van der Waals surface area (Å²) in [7, 11) is 0. The smallest absolute Gasteiger partial charge is 0.269 e. The second-order valence-corrected chi connectivity index (χ2v) is 6.67. The first kappa shape index (κ1) is 19.0. The highest BCUT2D eigenvalue weighted by Gasteiger charge is 2.25. The first-order chi connectivity index (χ1) is 13.0. The number of nitrogens with one attached hydrogen (secondary N) is 1. The van der Waals surface area contributed by atoms with E-state index in [0.29, 0.717) is 13.2 Å². The van der Waals surface area contributed by atoms with Crippen LogP contribution in [0.15, 0.2) is 46.2 Å². The van der Waals surface area contributed by atoms with Crippen LogP contribution in [0.3, 0.4) is 0 Å². The molecule has 1 heterocycles. The van der Waals surface area contributed by atoms with Crippen LogP contribution in [-0.2, 0) is 4.74 Å². The van der Waals surface area contributed by atoms with E-state index in [-0.39, 0.29) is 10.8 Å². The summed E-state index contributed by atoms with van der Waals surface area (Å²) >= 11 is 4.78. The molecule has 8 nitrogen and oxygen atoms in total. The normalized spacial score (nSPS) is 19.1. The number of nitro benzene ring substituents is 1. The molecule has 2 aliphatic rings. The number of thiocarbonyl (C=S) groups is 1. The average Bonchev–Trinajstić information content (AvgIpc) is 3.05. The van der Waals surface area contributed by atoms with Crippen LogP contribution in [0.25, 0.3) is 6.08 Å². The number of hydrogen-bond acceptors (Lipinski definition) is 6. The molecule has 1 aliphatic heterocycles. The molecule has 0 unspecified atom stereocenters. The number of non-ortho nitro benzene ring substituents is 1. The fourth-order valence-corrected chi connectivity index (χ4v) is 3.29. The summed E-state index contributed by atoms with van der Waals surface area (Å²) in [6.45, 7) is 2.99. The summed E-state index contributed by atoms with van der Waals surface area (Å²) in [5.74, 6) is 0. The van der Waals surface area contributed by atoms with Gasteiger partial charge in [0.05, 0.1) is 24.4 Å². The summed E-state index contributed by atoms with van der Waals surface area (Å²) in [6, 6.07) is 6.58. The van der Waals surface area contributed by atoms with Crippen LogP contribution in [0.5, 0.6) is 0 Å². The predicted octanol–water partition coefficient (Wildman–Crippen LogP) is 2.18. The van der Waals surface area contributed by atoms with Crippen LogP contribution in [0.1, 0.15) is 18.4 Å². The van der Waals surface area contributed by atoms with Gasteiger partial charge in [0.2, 0.25) is 0 Å². The van der Waals surface area contributed by atoms with Crippen LogP contribution in [0, 0.1) is 10.1 Å². The van der Waals surface area contributed by atoms with Crippen molar-refractivity contribution >= 4 is 35.3 Å². The molecule has 0 amide bonds. The van der Waals surface area contributed by atoms with Crippen molar-refractivity contribution < 1.29 is 9.66 Å². The molecular weight excluding hydrogens is 366 g/mol. The summed E-state index contributed by atoms with van der Waals surface area (Å²) in [6.07, 6.45) is 5.57. The van der Waals surface area contributed by atoms with E-state index in [1.165, 1.54) is 17.7 Å². The number of ether oxygens (including phenoxy) is 1. The number of hydrogen-bond donors (Lipinski definition) is 2. The maximum absolute atomic E-state index is 10.8. The number of nitro groups is 1. The molecule has 0 bridgehead atoms. The average molecular weight is 387 g/mol. The minimum Gasteiger partial charge on any atom is -0.378 e. The highest BCUT2D eigenvalue weighted by molar-refractivity contribution is 7.80. The second-order valence-electron chi connectivity index (χ2n) is 6.23. The molecule has 1 aromatic carbocycles. The van der Waals surface area contributed by atoms with Gasteiger partial charge in [0.1, 0.15) is 0 Å². The molecule has 0 spiro atoms. The summed E-state index contributed by atoms with van der Waals surface area (Å²) < 4.78 is 5.47. The van der Waals surface area contributed by atoms with Gasteiger partial charge in [-0.25, -0.2) is 0 Å². The monoisotopic (exact) mass is 387 g/mol. The Kier molecular flexibility index (Phi) is 6.15. The highest BCUT2D eigenvalue weighted by atomic mass is 32.1. The zero-order valence-electron chi connectivity index (χ0n) is 14.8. The van der Waals surface area contributed by atoms with Gasteiger partial charge in [0.15, 0.2) is 5.11 Å². The van der Waals surface area contributed by atoms with Crippen molar-refractivity contribution in [3.63, 3.8) is 0 Å². The molecular formula is C18H21N5O3S. The SMILES string of the molecule is NC(=S)N/N=C\C1=C(N2CCOCC2)C(=C\c2ccc([N+](=O)[O-])cc2)/CC1. The van der Waals surface area contributed by atoms with E-state index >= 15 is 0 Å². The molecule has 1 aliphatic carbocycles. The lowest BCUT2D eigenvalue weighted by Crippen LogP contribution is -2.36. The quantitative estimate of drug-likeness (QED) is 0.345. The number of allylic oxidation sites excluding steroid dienone is 2. The van der Waals surface area contributed by atoms with Gasteiger partial charge >= 0.3 is 0 Å². The molecule has 1 fully saturated rings. The Hall–Kier alpha value is -2.78. The lowest BCUT2D eigenvalue weighted by atomic mass is 10.1. The van der Waals surface area contributed by atoms with Crippen LogP contribution in [0.4, 0.5) is 5.69 Å². The Bertz CT molecular complexity index is 811. The fraction of sp³-hybridized carbons (Fsp3) is 0.333. The molecule has 3 rings (SSSR count). The fourth-order valence-electron chi connectivity index (χ4n) is 3.24. The zero-order chi connectivity index (χ0) is 19.2. The van der Waals surface area contributed by atoms with Crippen molar-refractivity contribution in [3.8, 4) is 0 Å². The van der Waals surface area contributed by atoms with Crippen molar-refractivity contribution in [3.05, 3.63) is 56.8 Å². The molecule has 3 N–H and O–H groups in total. The van der Waals surface area contributed by atoms with Gasteiger partial charge in [-0.2, -0.15) is 5.10 Å². The predicted molar refractivity (Wildman–Crippen MR) is 108 cm³/mol. The number of nitrogens with two attached hydrogens (primary N) is 1. The molecule has 142 valence electrons.